The fourth-order valence-corrected chi connectivity index (χ4v) is 2.90. The summed E-state index contributed by atoms with van der Waals surface area (Å²) >= 11 is 0. The Morgan fingerprint density at radius 3 is 2.54 bits per heavy atom. The normalized spacial score (nSPS) is 18.3. The van der Waals surface area contributed by atoms with Gasteiger partial charge in [0.05, 0.1) is 14.2 Å². The van der Waals surface area contributed by atoms with Crippen LogP contribution in [0.2, 0.25) is 0 Å². The second-order valence-corrected chi connectivity index (χ2v) is 6.45. The van der Waals surface area contributed by atoms with E-state index in [4.69, 9.17) is 9.47 Å². The van der Waals surface area contributed by atoms with Crippen molar-refractivity contribution in [2.24, 2.45) is 0 Å². The highest BCUT2D eigenvalue weighted by Crippen LogP contribution is 2.25. The molecule has 138 valence electrons. The minimum absolute atomic E-state index is 0.0270. The summed E-state index contributed by atoms with van der Waals surface area (Å²) in [4.78, 5) is 14.4. The molecule has 26 heavy (non-hydrogen) atoms. The van der Waals surface area contributed by atoms with Crippen LogP contribution in [0.1, 0.15) is 16.7 Å². The third kappa shape index (κ3) is 4.32. The van der Waals surface area contributed by atoms with Crippen molar-refractivity contribution in [2.75, 3.05) is 20.8 Å². The number of carbonyl (C=O) groups excluding carboxylic acids is 1. The first-order valence-corrected chi connectivity index (χ1v) is 8.49. The quantitative estimate of drug-likeness (QED) is 0.773. The maximum Gasteiger partial charge on any atom is 0.238 e. The molecule has 3 rings (SSSR count). The third-order valence-corrected chi connectivity index (χ3v) is 4.58. The van der Waals surface area contributed by atoms with Crippen molar-refractivity contribution in [3.05, 3.63) is 58.9 Å². The highest BCUT2D eigenvalue weighted by atomic mass is 19.1. The molecule has 6 heteroatoms. The average molecular weight is 358 g/mol. The zero-order valence-electron chi connectivity index (χ0n) is 15.2. The Bertz CT molecular complexity index is 787. The SMILES string of the molecule is COc1cc(CNC(=O)C2CN2Cc2cc(F)ccc2C)cc(OC)c1. The molecule has 0 aliphatic carbocycles. The zero-order valence-corrected chi connectivity index (χ0v) is 15.2. The number of hydrogen-bond donors (Lipinski definition) is 1. The zero-order chi connectivity index (χ0) is 18.7. The Morgan fingerprint density at radius 1 is 1.19 bits per heavy atom. The van der Waals surface area contributed by atoms with Crippen LogP contribution >= 0.6 is 0 Å². The van der Waals surface area contributed by atoms with Gasteiger partial charge in [-0.3, -0.25) is 9.69 Å². The van der Waals surface area contributed by atoms with Crippen molar-refractivity contribution < 1.29 is 18.7 Å². The van der Waals surface area contributed by atoms with Gasteiger partial charge in [0.2, 0.25) is 5.91 Å². The molecule has 0 bridgehead atoms. The molecule has 2 atom stereocenters. The molecule has 1 N–H and O–H groups in total. The molecule has 2 aromatic carbocycles. The molecule has 2 aromatic rings. The lowest BCUT2D eigenvalue weighted by Crippen LogP contribution is -2.29. The summed E-state index contributed by atoms with van der Waals surface area (Å²) in [5.41, 5.74) is 2.85. The summed E-state index contributed by atoms with van der Waals surface area (Å²) in [6, 6.07) is 10.1. The van der Waals surface area contributed by atoms with Gasteiger partial charge in [-0.25, -0.2) is 4.39 Å². The van der Waals surface area contributed by atoms with E-state index in [1.807, 2.05) is 24.0 Å². The lowest BCUT2D eigenvalue weighted by atomic mass is 10.1. The molecule has 2 unspecified atom stereocenters. The summed E-state index contributed by atoms with van der Waals surface area (Å²) in [6.07, 6.45) is 0. The van der Waals surface area contributed by atoms with Crippen LogP contribution in [-0.4, -0.2) is 37.6 Å². The van der Waals surface area contributed by atoms with E-state index >= 15 is 0 Å². The molecule has 0 aromatic heterocycles. The monoisotopic (exact) mass is 358 g/mol. The number of nitrogens with one attached hydrogen (secondary N) is 1. The van der Waals surface area contributed by atoms with Gasteiger partial charge in [0.25, 0.3) is 0 Å². The molecule has 1 amide bonds. The summed E-state index contributed by atoms with van der Waals surface area (Å²) < 4.78 is 23.9. The number of halogens is 1. The number of methoxy groups -OCH3 is 2. The molecular formula is C20H23FN2O3. The number of aryl methyl sites for hydroxylation is 1. The summed E-state index contributed by atoms with van der Waals surface area (Å²) in [5.74, 6) is 1.09. The number of ether oxygens (including phenoxy) is 2. The van der Waals surface area contributed by atoms with Gasteiger partial charge in [0, 0.05) is 25.7 Å². The van der Waals surface area contributed by atoms with Crippen LogP contribution in [0.3, 0.4) is 0 Å². The van der Waals surface area contributed by atoms with Crippen LogP contribution in [0.15, 0.2) is 36.4 Å². The lowest BCUT2D eigenvalue weighted by molar-refractivity contribution is -0.121. The number of nitrogens with zero attached hydrogens (tertiary/aromatic N) is 1. The van der Waals surface area contributed by atoms with Crippen molar-refractivity contribution in [2.45, 2.75) is 26.1 Å². The van der Waals surface area contributed by atoms with E-state index in [2.05, 4.69) is 5.32 Å². The maximum atomic E-state index is 13.4. The minimum Gasteiger partial charge on any atom is -0.497 e. The fourth-order valence-electron chi connectivity index (χ4n) is 2.90. The highest BCUT2D eigenvalue weighted by Gasteiger charge is 2.40. The van der Waals surface area contributed by atoms with Gasteiger partial charge in [-0.15, -0.1) is 0 Å². The summed E-state index contributed by atoms with van der Waals surface area (Å²) in [7, 11) is 3.18. The van der Waals surface area contributed by atoms with Crippen LogP contribution < -0.4 is 14.8 Å². The van der Waals surface area contributed by atoms with Crippen LogP contribution in [0.4, 0.5) is 4.39 Å². The third-order valence-electron chi connectivity index (χ3n) is 4.58. The average Bonchev–Trinajstić information content (AvgIpc) is 3.41. The number of rotatable bonds is 7. The summed E-state index contributed by atoms with van der Waals surface area (Å²) in [6.45, 7) is 3.61. The molecule has 1 aliphatic rings. The van der Waals surface area contributed by atoms with Crippen LogP contribution in [0.25, 0.3) is 0 Å². The second-order valence-electron chi connectivity index (χ2n) is 6.45. The molecule has 0 saturated carbocycles. The molecule has 5 nitrogen and oxygen atoms in total. The van der Waals surface area contributed by atoms with Crippen molar-refractivity contribution in [1.29, 1.82) is 0 Å². The first-order valence-electron chi connectivity index (χ1n) is 8.49. The van der Waals surface area contributed by atoms with E-state index in [0.29, 0.717) is 31.1 Å². The lowest BCUT2D eigenvalue weighted by Gasteiger charge is -2.10. The largest absolute Gasteiger partial charge is 0.497 e. The van der Waals surface area contributed by atoms with Crippen LogP contribution in [0.5, 0.6) is 11.5 Å². The molecule has 0 radical (unpaired) electrons. The van der Waals surface area contributed by atoms with E-state index < -0.39 is 0 Å². The van der Waals surface area contributed by atoms with Crippen molar-refractivity contribution >= 4 is 5.91 Å². The van der Waals surface area contributed by atoms with Gasteiger partial charge >= 0.3 is 0 Å². The standard InChI is InChI=1S/C20H23FN2O3/c1-13-4-5-16(21)8-15(13)11-23-12-19(23)20(24)22-10-14-6-17(25-2)9-18(7-14)26-3/h4-9,19H,10-12H2,1-3H3,(H,22,24). The minimum atomic E-state index is -0.250. The molecule has 1 aliphatic heterocycles. The van der Waals surface area contributed by atoms with E-state index in [0.717, 1.165) is 16.7 Å². The topological polar surface area (TPSA) is 50.6 Å². The Morgan fingerprint density at radius 2 is 1.88 bits per heavy atom. The van der Waals surface area contributed by atoms with Gasteiger partial charge in [-0.1, -0.05) is 6.07 Å². The van der Waals surface area contributed by atoms with Crippen LogP contribution in [0, 0.1) is 12.7 Å². The smallest absolute Gasteiger partial charge is 0.238 e. The van der Waals surface area contributed by atoms with E-state index in [9.17, 15) is 9.18 Å². The summed E-state index contributed by atoms with van der Waals surface area (Å²) in [5, 5.41) is 2.94. The van der Waals surface area contributed by atoms with Gasteiger partial charge in [0.15, 0.2) is 0 Å². The number of carbonyl (C=O) groups is 1. The van der Waals surface area contributed by atoms with Crippen molar-refractivity contribution in [3.63, 3.8) is 0 Å². The Balaban J connectivity index is 1.55. The Labute approximate surface area is 152 Å². The predicted octanol–water partition coefficient (Wildman–Crippen LogP) is 2.65. The maximum absolute atomic E-state index is 13.4. The highest BCUT2D eigenvalue weighted by molar-refractivity contribution is 5.84. The van der Waals surface area contributed by atoms with Gasteiger partial charge in [0.1, 0.15) is 23.4 Å². The molecular weight excluding hydrogens is 335 g/mol. The van der Waals surface area contributed by atoms with E-state index in [1.165, 1.54) is 12.1 Å². The molecule has 1 heterocycles. The Hall–Kier alpha value is -2.60. The predicted molar refractivity (Wildman–Crippen MR) is 96.7 cm³/mol. The van der Waals surface area contributed by atoms with Crippen molar-refractivity contribution in [1.82, 2.24) is 10.2 Å². The molecule has 1 saturated heterocycles. The first kappa shape index (κ1) is 18.2. The molecule has 1 fully saturated rings. The first-order chi connectivity index (χ1) is 12.5. The molecule has 0 spiro atoms. The van der Waals surface area contributed by atoms with E-state index in [1.54, 1.807) is 26.4 Å². The number of benzene rings is 2. The van der Waals surface area contributed by atoms with Gasteiger partial charge < -0.3 is 14.8 Å². The van der Waals surface area contributed by atoms with Gasteiger partial charge in [-0.05, 0) is 47.9 Å². The second kappa shape index (κ2) is 7.74. The van der Waals surface area contributed by atoms with Crippen LogP contribution in [-0.2, 0) is 17.9 Å². The van der Waals surface area contributed by atoms with Gasteiger partial charge in [-0.2, -0.15) is 0 Å². The Kier molecular flexibility index (Phi) is 5.42. The fraction of sp³-hybridized carbons (Fsp3) is 0.350. The van der Waals surface area contributed by atoms with Crippen molar-refractivity contribution in [3.8, 4) is 11.5 Å². The number of hydrogen-bond acceptors (Lipinski definition) is 4. The van der Waals surface area contributed by atoms with E-state index in [-0.39, 0.29) is 17.8 Å². The number of amides is 1.